The molecule has 1 N–H and O–H groups in total. The topological polar surface area (TPSA) is 80.5 Å². The zero-order chi connectivity index (χ0) is 18.6. The molecule has 0 radical (unpaired) electrons. The van der Waals surface area contributed by atoms with E-state index in [2.05, 4.69) is 15.5 Å². The van der Waals surface area contributed by atoms with E-state index in [1.807, 2.05) is 54.6 Å². The standard InChI is InChI=1S/C20H20N4O3/c1-26-16-11-9-14(10-12-16)18-22-19(27-23-18)17-8-5-13-24(17)20(25)21-15-6-3-2-4-7-15/h2-4,6-7,9-12,17H,5,8,13H2,1H3,(H,21,25)/t17-/m1/s1. The van der Waals surface area contributed by atoms with Gasteiger partial charge in [-0.2, -0.15) is 4.98 Å². The minimum atomic E-state index is -0.215. The Hall–Kier alpha value is -3.35. The predicted octanol–water partition coefficient (Wildman–Crippen LogP) is 4.11. The number of amides is 2. The Labute approximate surface area is 156 Å². The first-order valence-corrected chi connectivity index (χ1v) is 8.85. The number of carbonyl (C=O) groups is 1. The van der Waals surface area contributed by atoms with Crippen LogP contribution < -0.4 is 10.1 Å². The van der Waals surface area contributed by atoms with Crippen LogP contribution in [0.3, 0.4) is 0 Å². The quantitative estimate of drug-likeness (QED) is 0.753. The van der Waals surface area contributed by atoms with Gasteiger partial charge in [0.2, 0.25) is 11.7 Å². The summed E-state index contributed by atoms with van der Waals surface area (Å²) in [4.78, 5) is 18.9. The third-order valence-corrected chi connectivity index (χ3v) is 4.61. The molecule has 0 unspecified atom stereocenters. The van der Waals surface area contributed by atoms with Gasteiger partial charge in [-0.1, -0.05) is 23.4 Å². The van der Waals surface area contributed by atoms with Crippen molar-refractivity contribution < 1.29 is 14.1 Å². The Morgan fingerprint density at radius 1 is 1.19 bits per heavy atom. The summed E-state index contributed by atoms with van der Waals surface area (Å²) in [6, 6.07) is 16.5. The molecule has 138 valence electrons. The molecule has 4 rings (SSSR count). The van der Waals surface area contributed by atoms with Crippen LogP contribution in [0.5, 0.6) is 5.75 Å². The SMILES string of the molecule is COc1ccc(-c2noc([C@H]3CCCN3C(=O)Nc3ccccc3)n2)cc1. The summed E-state index contributed by atoms with van der Waals surface area (Å²) in [5.41, 5.74) is 1.60. The Bertz CT molecular complexity index is 908. The number of rotatable bonds is 4. The molecule has 1 aliphatic rings. The number of hydrogen-bond acceptors (Lipinski definition) is 5. The Morgan fingerprint density at radius 2 is 1.96 bits per heavy atom. The summed E-state index contributed by atoms with van der Waals surface area (Å²) in [5.74, 6) is 1.73. The largest absolute Gasteiger partial charge is 0.497 e. The predicted molar refractivity (Wildman–Crippen MR) is 100 cm³/mol. The van der Waals surface area contributed by atoms with Crippen molar-refractivity contribution in [3.05, 3.63) is 60.5 Å². The molecule has 1 saturated heterocycles. The lowest BCUT2D eigenvalue weighted by Gasteiger charge is -2.22. The maximum Gasteiger partial charge on any atom is 0.322 e. The highest BCUT2D eigenvalue weighted by Gasteiger charge is 2.34. The minimum absolute atomic E-state index is 0.159. The molecular weight excluding hydrogens is 344 g/mol. The normalized spacial score (nSPS) is 16.3. The van der Waals surface area contributed by atoms with Gasteiger partial charge in [-0.15, -0.1) is 0 Å². The zero-order valence-corrected chi connectivity index (χ0v) is 15.0. The molecule has 2 heterocycles. The van der Waals surface area contributed by atoms with Gasteiger partial charge in [0.05, 0.1) is 7.11 Å². The first-order valence-electron chi connectivity index (χ1n) is 8.85. The summed E-state index contributed by atoms with van der Waals surface area (Å²) >= 11 is 0. The van der Waals surface area contributed by atoms with Crippen LogP contribution in [0, 0.1) is 0 Å². The second kappa shape index (κ2) is 7.49. The van der Waals surface area contributed by atoms with Crippen molar-refractivity contribution in [3.8, 4) is 17.1 Å². The van der Waals surface area contributed by atoms with Crippen LogP contribution in [0.1, 0.15) is 24.8 Å². The lowest BCUT2D eigenvalue weighted by Crippen LogP contribution is -2.34. The molecule has 1 fully saturated rings. The number of ether oxygens (including phenoxy) is 1. The summed E-state index contributed by atoms with van der Waals surface area (Å²) in [6.45, 7) is 0.656. The van der Waals surface area contributed by atoms with Crippen LogP contribution in [0.15, 0.2) is 59.1 Å². The van der Waals surface area contributed by atoms with Crippen molar-refractivity contribution in [2.75, 3.05) is 19.0 Å². The van der Waals surface area contributed by atoms with Gasteiger partial charge in [0.25, 0.3) is 0 Å². The van der Waals surface area contributed by atoms with E-state index in [0.717, 1.165) is 29.8 Å². The smallest absolute Gasteiger partial charge is 0.322 e. The molecule has 2 aromatic carbocycles. The monoisotopic (exact) mass is 364 g/mol. The van der Waals surface area contributed by atoms with Crippen molar-refractivity contribution in [3.63, 3.8) is 0 Å². The fourth-order valence-corrected chi connectivity index (χ4v) is 3.21. The molecule has 0 bridgehead atoms. The highest BCUT2D eigenvalue weighted by molar-refractivity contribution is 5.89. The fourth-order valence-electron chi connectivity index (χ4n) is 3.21. The average Bonchev–Trinajstić information content (AvgIpc) is 3.38. The van der Waals surface area contributed by atoms with Crippen LogP contribution in [0.2, 0.25) is 0 Å². The first-order chi connectivity index (χ1) is 13.2. The number of benzene rings is 2. The van der Waals surface area contributed by atoms with Crippen molar-refractivity contribution in [2.45, 2.75) is 18.9 Å². The lowest BCUT2D eigenvalue weighted by molar-refractivity contribution is 0.193. The molecule has 2 amide bonds. The maximum atomic E-state index is 12.7. The molecule has 7 nitrogen and oxygen atoms in total. The van der Waals surface area contributed by atoms with Crippen LogP contribution in [-0.4, -0.2) is 34.7 Å². The van der Waals surface area contributed by atoms with E-state index < -0.39 is 0 Å². The molecule has 1 atom stereocenters. The molecule has 0 saturated carbocycles. The molecule has 27 heavy (non-hydrogen) atoms. The fraction of sp³-hybridized carbons (Fsp3) is 0.250. The van der Waals surface area contributed by atoms with E-state index in [9.17, 15) is 4.79 Å². The third-order valence-electron chi connectivity index (χ3n) is 4.61. The number of nitrogens with one attached hydrogen (secondary N) is 1. The van der Waals surface area contributed by atoms with Crippen molar-refractivity contribution >= 4 is 11.7 Å². The van der Waals surface area contributed by atoms with Gasteiger partial charge in [0.15, 0.2) is 0 Å². The first kappa shape index (κ1) is 17.1. The number of carbonyl (C=O) groups excluding carboxylic acids is 1. The Balaban J connectivity index is 1.50. The van der Waals surface area contributed by atoms with Crippen molar-refractivity contribution in [2.24, 2.45) is 0 Å². The molecular formula is C20H20N4O3. The van der Waals surface area contributed by atoms with Crippen LogP contribution in [-0.2, 0) is 0 Å². The van der Waals surface area contributed by atoms with E-state index in [4.69, 9.17) is 9.26 Å². The zero-order valence-electron chi connectivity index (χ0n) is 15.0. The number of para-hydroxylation sites is 1. The van der Waals surface area contributed by atoms with E-state index in [0.29, 0.717) is 18.3 Å². The van der Waals surface area contributed by atoms with E-state index in [1.54, 1.807) is 12.0 Å². The van der Waals surface area contributed by atoms with Gasteiger partial charge in [-0.25, -0.2) is 4.79 Å². The number of methoxy groups -OCH3 is 1. The van der Waals surface area contributed by atoms with Crippen LogP contribution in [0.25, 0.3) is 11.4 Å². The number of nitrogens with zero attached hydrogens (tertiary/aromatic N) is 3. The van der Waals surface area contributed by atoms with Gasteiger partial charge in [-0.3, -0.25) is 0 Å². The molecule has 7 heteroatoms. The molecule has 0 aliphatic carbocycles. The lowest BCUT2D eigenvalue weighted by atomic mass is 10.2. The number of aromatic nitrogens is 2. The van der Waals surface area contributed by atoms with Crippen LogP contribution in [0.4, 0.5) is 10.5 Å². The Morgan fingerprint density at radius 3 is 2.70 bits per heavy atom. The highest BCUT2D eigenvalue weighted by Crippen LogP contribution is 2.32. The summed E-state index contributed by atoms with van der Waals surface area (Å²) in [6.07, 6.45) is 1.69. The number of urea groups is 1. The average molecular weight is 364 g/mol. The van der Waals surface area contributed by atoms with Gasteiger partial charge < -0.3 is 19.5 Å². The second-order valence-corrected chi connectivity index (χ2v) is 6.33. The summed E-state index contributed by atoms with van der Waals surface area (Å²) in [7, 11) is 1.62. The number of likely N-dealkylation sites (tertiary alicyclic amines) is 1. The minimum Gasteiger partial charge on any atom is -0.497 e. The van der Waals surface area contributed by atoms with Gasteiger partial charge >= 0.3 is 6.03 Å². The molecule has 3 aromatic rings. The van der Waals surface area contributed by atoms with Gasteiger partial charge in [0.1, 0.15) is 11.8 Å². The van der Waals surface area contributed by atoms with E-state index in [-0.39, 0.29) is 12.1 Å². The van der Waals surface area contributed by atoms with E-state index >= 15 is 0 Å². The van der Waals surface area contributed by atoms with Gasteiger partial charge in [-0.05, 0) is 49.2 Å². The second-order valence-electron chi connectivity index (χ2n) is 6.33. The number of hydrogen-bond donors (Lipinski definition) is 1. The van der Waals surface area contributed by atoms with Gasteiger partial charge in [0, 0.05) is 17.8 Å². The Kier molecular flexibility index (Phi) is 4.74. The van der Waals surface area contributed by atoms with E-state index in [1.165, 1.54) is 0 Å². The summed E-state index contributed by atoms with van der Waals surface area (Å²) < 4.78 is 10.6. The number of anilines is 1. The maximum absolute atomic E-state index is 12.7. The van der Waals surface area contributed by atoms with Crippen molar-refractivity contribution in [1.29, 1.82) is 0 Å². The molecule has 0 spiro atoms. The molecule has 1 aliphatic heterocycles. The highest BCUT2D eigenvalue weighted by atomic mass is 16.5. The third kappa shape index (κ3) is 3.62. The summed E-state index contributed by atoms with van der Waals surface area (Å²) in [5, 5.41) is 7.00. The van der Waals surface area contributed by atoms with Crippen LogP contribution >= 0.6 is 0 Å². The van der Waals surface area contributed by atoms with Crippen molar-refractivity contribution in [1.82, 2.24) is 15.0 Å². The molecule has 1 aromatic heterocycles.